The molecule has 2 aromatic carbocycles. The van der Waals surface area contributed by atoms with Gasteiger partial charge in [-0.1, -0.05) is 12.1 Å². The van der Waals surface area contributed by atoms with Gasteiger partial charge in [-0.05, 0) is 74.1 Å². The second-order valence-electron chi connectivity index (χ2n) is 8.82. The van der Waals surface area contributed by atoms with Gasteiger partial charge in [-0.15, -0.1) is 0 Å². The number of aryl methyl sites for hydroxylation is 2. The second-order valence-corrected chi connectivity index (χ2v) is 8.82. The number of nitrogens with one attached hydrogen (secondary N) is 2. The molecule has 2 aliphatic carbocycles. The van der Waals surface area contributed by atoms with Crippen molar-refractivity contribution in [3.8, 4) is 0 Å². The van der Waals surface area contributed by atoms with E-state index >= 15 is 0 Å². The van der Waals surface area contributed by atoms with E-state index in [0.29, 0.717) is 11.3 Å². The molecule has 2 amide bonds. The van der Waals surface area contributed by atoms with Crippen molar-refractivity contribution in [2.75, 3.05) is 10.6 Å². The van der Waals surface area contributed by atoms with E-state index in [4.69, 9.17) is 4.74 Å². The molecule has 0 spiro atoms. The lowest BCUT2D eigenvalue weighted by Crippen LogP contribution is -2.35. The molecule has 0 aromatic heterocycles. The Kier molecular flexibility index (Phi) is 4.38. The quantitative estimate of drug-likeness (QED) is 0.761. The molecule has 2 aromatic rings. The van der Waals surface area contributed by atoms with Gasteiger partial charge in [0.25, 0.3) is 5.91 Å². The lowest BCUT2D eigenvalue weighted by molar-refractivity contribution is -0.145. The Bertz CT molecular complexity index is 1040. The maximum atomic E-state index is 13.0. The van der Waals surface area contributed by atoms with Crippen molar-refractivity contribution in [3.63, 3.8) is 0 Å². The van der Waals surface area contributed by atoms with Crippen molar-refractivity contribution in [1.82, 2.24) is 0 Å². The highest BCUT2D eigenvalue weighted by Crippen LogP contribution is 2.57. The summed E-state index contributed by atoms with van der Waals surface area (Å²) in [4.78, 5) is 37.8. The fourth-order valence-electron chi connectivity index (χ4n) is 5.58. The Labute approximate surface area is 175 Å². The molecule has 0 radical (unpaired) electrons. The smallest absolute Gasteiger partial charge is 0.310 e. The Morgan fingerprint density at radius 1 is 0.967 bits per heavy atom. The van der Waals surface area contributed by atoms with Crippen LogP contribution in [0, 0.1) is 37.5 Å². The molecule has 5 atom stereocenters. The number of fused-ring (bicyclic) bond motifs is 1. The van der Waals surface area contributed by atoms with Crippen LogP contribution in [0.4, 0.5) is 11.4 Å². The summed E-state index contributed by atoms with van der Waals surface area (Å²) in [5, 5.41) is 5.83. The zero-order chi connectivity index (χ0) is 21.0. The van der Waals surface area contributed by atoms with Crippen molar-refractivity contribution in [1.29, 1.82) is 0 Å². The summed E-state index contributed by atoms with van der Waals surface area (Å²) in [5.41, 5.74) is 3.90. The van der Waals surface area contributed by atoms with Gasteiger partial charge < -0.3 is 15.4 Å². The summed E-state index contributed by atoms with van der Waals surface area (Å²) in [5.74, 6) is -0.888. The summed E-state index contributed by atoms with van der Waals surface area (Å²) in [7, 11) is 0. The van der Waals surface area contributed by atoms with Gasteiger partial charge in [-0.25, -0.2) is 0 Å². The third-order valence-electron chi connectivity index (χ3n) is 6.66. The van der Waals surface area contributed by atoms with E-state index in [2.05, 4.69) is 10.6 Å². The third kappa shape index (κ3) is 3.16. The molecule has 1 aliphatic heterocycles. The molecule has 2 bridgehead atoms. The number of carbonyl (C=O) groups is 3. The van der Waals surface area contributed by atoms with Crippen LogP contribution in [0.1, 0.15) is 34.3 Å². The SMILES string of the molecule is Cc1cc(C)cc(NC(=O)c2cccc(NC(=O)[C@@H]3[C@@H]4C[C@H]5[C@H]3C(=O)O[C@@H]5C4)c2)c1. The molecule has 1 saturated heterocycles. The van der Waals surface area contributed by atoms with E-state index < -0.39 is 0 Å². The highest BCUT2D eigenvalue weighted by atomic mass is 16.6. The van der Waals surface area contributed by atoms with Gasteiger partial charge >= 0.3 is 5.97 Å². The van der Waals surface area contributed by atoms with Gasteiger partial charge in [0, 0.05) is 22.9 Å². The average molecular weight is 404 g/mol. The maximum absolute atomic E-state index is 13.0. The Morgan fingerprint density at radius 3 is 2.50 bits per heavy atom. The second kappa shape index (κ2) is 6.97. The largest absolute Gasteiger partial charge is 0.462 e. The van der Waals surface area contributed by atoms with E-state index in [1.54, 1.807) is 24.3 Å². The molecule has 2 N–H and O–H groups in total. The molecule has 1 heterocycles. The Balaban J connectivity index is 1.30. The normalized spacial score (nSPS) is 28.3. The lowest BCUT2D eigenvalue weighted by atomic mass is 9.79. The van der Waals surface area contributed by atoms with Crippen molar-refractivity contribution >= 4 is 29.2 Å². The van der Waals surface area contributed by atoms with Crippen LogP contribution in [0.2, 0.25) is 0 Å². The maximum Gasteiger partial charge on any atom is 0.310 e. The standard InChI is InChI=1S/C24H24N2O4/c1-12-6-13(2)8-17(7-12)26-22(27)14-4-3-5-16(9-14)25-23(28)20-15-10-18-19(11-15)30-24(29)21(18)20/h3-9,15,18-21H,10-11H2,1-2H3,(H,25,28)(H,26,27)/t15-,18-,19-,20-,21-/m1/s1. The molecule has 5 rings (SSSR count). The van der Waals surface area contributed by atoms with Gasteiger partial charge in [-0.2, -0.15) is 0 Å². The first-order chi connectivity index (χ1) is 14.4. The number of hydrogen-bond acceptors (Lipinski definition) is 4. The van der Waals surface area contributed by atoms with E-state index in [-0.39, 0.29) is 47.6 Å². The Hall–Kier alpha value is -3.15. The first-order valence-electron chi connectivity index (χ1n) is 10.4. The van der Waals surface area contributed by atoms with Crippen LogP contribution in [0.15, 0.2) is 42.5 Å². The summed E-state index contributed by atoms with van der Waals surface area (Å²) in [6.07, 6.45) is 1.68. The highest BCUT2D eigenvalue weighted by molar-refractivity contribution is 6.05. The van der Waals surface area contributed by atoms with E-state index in [9.17, 15) is 14.4 Å². The number of esters is 1. The number of amides is 2. The minimum atomic E-state index is -0.339. The summed E-state index contributed by atoms with van der Waals surface area (Å²) in [6.45, 7) is 3.97. The summed E-state index contributed by atoms with van der Waals surface area (Å²) < 4.78 is 5.42. The van der Waals surface area contributed by atoms with Crippen LogP contribution < -0.4 is 10.6 Å². The van der Waals surface area contributed by atoms with Crippen molar-refractivity contribution in [3.05, 3.63) is 59.2 Å². The zero-order valence-corrected chi connectivity index (χ0v) is 17.0. The van der Waals surface area contributed by atoms with Gasteiger partial charge in [0.05, 0.1) is 11.8 Å². The van der Waals surface area contributed by atoms with Crippen LogP contribution in [-0.2, 0) is 14.3 Å². The van der Waals surface area contributed by atoms with Crippen LogP contribution in [0.25, 0.3) is 0 Å². The van der Waals surface area contributed by atoms with Crippen molar-refractivity contribution in [2.24, 2.45) is 23.7 Å². The van der Waals surface area contributed by atoms with E-state index in [1.807, 2.05) is 32.0 Å². The van der Waals surface area contributed by atoms with Crippen molar-refractivity contribution < 1.29 is 19.1 Å². The van der Waals surface area contributed by atoms with Crippen LogP contribution in [0.5, 0.6) is 0 Å². The molecule has 6 nitrogen and oxygen atoms in total. The van der Waals surface area contributed by atoms with Gasteiger partial charge in [0.15, 0.2) is 0 Å². The highest BCUT2D eigenvalue weighted by Gasteiger charge is 2.63. The minimum Gasteiger partial charge on any atom is -0.462 e. The summed E-state index contributed by atoms with van der Waals surface area (Å²) in [6, 6.07) is 12.8. The molecule has 3 fully saturated rings. The third-order valence-corrected chi connectivity index (χ3v) is 6.66. The fourth-order valence-corrected chi connectivity index (χ4v) is 5.58. The monoisotopic (exact) mass is 404 g/mol. The number of hydrogen-bond donors (Lipinski definition) is 2. The number of benzene rings is 2. The molecule has 154 valence electrons. The van der Waals surface area contributed by atoms with Crippen molar-refractivity contribution in [2.45, 2.75) is 32.8 Å². The zero-order valence-electron chi connectivity index (χ0n) is 17.0. The molecule has 2 saturated carbocycles. The van der Waals surface area contributed by atoms with Gasteiger partial charge in [0.1, 0.15) is 6.10 Å². The molecular formula is C24H24N2O4. The number of carbonyl (C=O) groups excluding carboxylic acids is 3. The molecular weight excluding hydrogens is 380 g/mol. The molecule has 30 heavy (non-hydrogen) atoms. The molecule has 3 aliphatic rings. The molecule has 6 heteroatoms. The Morgan fingerprint density at radius 2 is 1.73 bits per heavy atom. The lowest BCUT2D eigenvalue weighted by Gasteiger charge is -2.23. The van der Waals surface area contributed by atoms with Crippen LogP contribution in [-0.4, -0.2) is 23.9 Å². The van der Waals surface area contributed by atoms with Crippen LogP contribution in [0.3, 0.4) is 0 Å². The summed E-state index contributed by atoms with van der Waals surface area (Å²) >= 11 is 0. The van der Waals surface area contributed by atoms with E-state index in [0.717, 1.165) is 29.7 Å². The number of ether oxygens (including phenoxy) is 1. The fraction of sp³-hybridized carbons (Fsp3) is 0.375. The average Bonchev–Trinajstić information content (AvgIpc) is 3.30. The van der Waals surface area contributed by atoms with E-state index in [1.165, 1.54) is 0 Å². The predicted molar refractivity (Wildman–Crippen MR) is 112 cm³/mol. The topological polar surface area (TPSA) is 84.5 Å². The van der Waals surface area contributed by atoms with Crippen LogP contribution >= 0.6 is 0 Å². The predicted octanol–water partition coefficient (Wildman–Crippen LogP) is 3.69. The number of rotatable bonds is 4. The van der Waals surface area contributed by atoms with Gasteiger partial charge in [-0.3, -0.25) is 14.4 Å². The first-order valence-corrected chi connectivity index (χ1v) is 10.4. The molecule has 0 unspecified atom stereocenters. The first kappa shape index (κ1) is 18.9. The number of anilines is 2. The minimum absolute atomic E-state index is 0.00818. The van der Waals surface area contributed by atoms with Gasteiger partial charge in [0.2, 0.25) is 5.91 Å².